The Bertz CT molecular complexity index is 1070. The molecule has 1 saturated heterocycles. The first-order valence-corrected chi connectivity index (χ1v) is 10.7. The second-order valence-corrected chi connectivity index (χ2v) is 9.05. The predicted molar refractivity (Wildman–Crippen MR) is 109 cm³/mol. The Hall–Kier alpha value is -2.98. The monoisotopic (exact) mass is 436 g/mol. The van der Waals surface area contributed by atoms with E-state index in [2.05, 4.69) is 0 Å². The number of aryl methyl sites for hydroxylation is 2. The quantitative estimate of drug-likeness (QED) is 0.621. The molecule has 1 amide bonds. The highest BCUT2D eigenvalue weighted by Gasteiger charge is 2.33. The molecule has 1 aliphatic heterocycles. The Morgan fingerprint density at radius 3 is 2.00 bits per heavy atom. The van der Waals surface area contributed by atoms with Crippen LogP contribution in [0.1, 0.15) is 21.5 Å². The number of aromatic hydroxyl groups is 3. The van der Waals surface area contributed by atoms with Crippen LogP contribution in [-0.2, 0) is 10.0 Å². The largest absolute Gasteiger partial charge is 0.504 e. The number of carbonyl (C=O) groups excluding carboxylic acids is 1. The Morgan fingerprint density at radius 2 is 1.47 bits per heavy atom. The van der Waals surface area contributed by atoms with Gasteiger partial charge in [-0.25, -0.2) is 8.42 Å². The minimum absolute atomic E-state index is 0.00469. The molecule has 1 fully saturated rings. The molecule has 10 heteroatoms. The second-order valence-electron chi connectivity index (χ2n) is 7.15. The van der Waals surface area contributed by atoms with Crippen molar-refractivity contribution in [2.45, 2.75) is 18.7 Å². The third kappa shape index (κ3) is 3.88. The fourth-order valence-corrected chi connectivity index (χ4v) is 4.95. The first kappa shape index (κ1) is 21.7. The van der Waals surface area contributed by atoms with Crippen LogP contribution in [0.5, 0.6) is 23.0 Å². The molecule has 0 atom stereocenters. The van der Waals surface area contributed by atoms with Crippen LogP contribution in [0.3, 0.4) is 0 Å². The minimum Gasteiger partial charge on any atom is -0.504 e. The van der Waals surface area contributed by atoms with Gasteiger partial charge in [0.1, 0.15) is 10.6 Å². The molecule has 0 unspecified atom stereocenters. The van der Waals surface area contributed by atoms with Crippen LogP contribution >= 0.6 is 0 Å². The minimum atomic E-state index is -3.82. The van der Waals surface area contributed by atoms with Crippen molar-refractivity contribution in [2.24, 2.45) is 0 Å². The maximum absolute atomic E-state index is 13.2. The van der Waals surface area contributed by atoms with Crippen LogP contribution < -0.4 is 4.74 Å². The number of phenolic OH excluding ortho intramolecular Hbond substituents is 3. The summed E-state index contributed by atoms with van der Waals surface area (Å²) in [5, 5.41) is 28.7. The molecule has 1 aliphatic rings. The Labute approximate surface area is 174 Å². The first-order chi connectivity index (χ1) is 14.1. The summed E-state index contributed by atoms with van der Waals surface area (Å²) in [6.45, 7) is 4.13. The summed E-state index contributed by atoms with van der Waals surface area (Å²) in [7, 11) is -2.40. The number of hydrogen-bond acceptors (Lipinski definition) is 7. The average molecular weight is 436 g/mol. The second kappa shape index (κ2) is 8.04. The van der Waals surface area contributed by atoms with Crippen LogP contribution in [0.2, 0.25) is 0 Å². The normalized spacial score (nSPS) is 15.2. The van der Waals surface area contributed by atoms with Gasteiger partial charge in [-0.15, -0.1) is 0 Å². The van der Waals surface area contributed by atoms with Gasteiger partial charge in [0, 0.05) is 31.7 Å². The third-order valence-electron chi connectivity index (χ3n) is 5.24. The molecule has 0 aromatic heterocycles. The Kier molecular flexibility index (Phi) is 5.82. The highest BCUT2D eigenvalue weighted by Crippen LogP contribution is 2.36. The van der Waals surface area contributed by atoms with Gasteiger partial charge >= 0.3 is 0 Å². The number of hydrogen-bond donors (Lipinski definition) is 3. The zero-order valence-electron chi connectivity index (χ0n) is 16.9. The molecule has 0 aliphatic carbocycles. The fraction of sp³-hybridized carbons (Fsp3) is 0.350. The number of amides is 1. The van der Waals surface area contributed by atoms with Gasteiger partial charge in [-0.3, -0.25) is 4.79 Å². The van der Waals surface area contributed by atoms with Gasteiger partial charge in [-0.1, -0.05) is 0 Å². The van der Waals surface area contributed by atoms with Crippen LogP contribution in [0, 0.1) is 13.8 Å². The molecule has 162 valence electrons. The number of ether oxygens (including phenoxy) is 1. The fourth-order valence-electron chi connectivity index (χ4n) is 3.31. The van der Waals surface area contributed by atoms with Crippen LogP contribution in [0.4, 0.5) is 0 Å². The number of phenols is 3. The number of benzene rings is 2. The lowest BCUT2D eigenvalue weighted by Gasteiger charge is -2.34. The van der Waals surface area contributed by atoms with Crippen LogP contribution in [-0.4, -0.2) is 72.1 Å². The molecule has 3 N–H and O–H groups in total. The molecule has 30 heavy (non-hydrogen) atoms. The van der Waals surface area contributed by atoms with Gasteiger partial charge in [-0.05, 0) is 49.2 Å². The Morgan fingerprint density at radius 1 is 0.933 bits per heavy atom. The number of methoxy groups -OCH3 is 1. The molecule has 2 aromatic rings. The maximum atomic E-state index is 13.2. The van der Waals surface area contributed by atoms with E-state index in [4.69, 9.17) is 4.74 Å². The van der Waals surface area contributed by atoms with E-state index in [1.807, 2.05) is 13.8 Å². The molecule has 0 saturated carbocycles. The zero-order valence-corrected chi connectivity index (χ0v) is 17.7. The maximum Gasteiger partial charge on any atom is 0.254 e. The van der Waals surface area contributed by atoms with Crippen molar-refractivity contribution in [3.8, 4) is 23.0 Å². The highest BCUT2D eigenvalue weighted by atomic mass is 32.2. The molecule has 1 heterocycles. The molecule has 3 rings (SSSR count). The first-order valence-electron chi connectivity index (χ1n) is 9.26. The summed E-state index contributed by atoms with van der Waals surface area (Å²) in [6.07, 6.45) is 0. The van der Waals surface area contributed by atoms with Crippen molar-refractivity contribution in [3.63, 3.8) is 0 Å². The van der Waals surface area contributed by atoms with Crippen molar-refractivity contribution in [1.29, 1.82) is 0 Å². The lowest BCUT2D eigenvalue weighted by atomic mass is 10.1. The van der Waals surface area contributed by atoms with Crippen molar-refractivity contribution in [3.05, 3.63) is 41.0 Å². The van der Waals surface area contributed by atoms with Crippen molar-refractivity contribution >= 4 is 15.9 Å². The van der Waals surface area contributed by atoms with E-state index in [0.29, 0.717) is 0 Å². The number of carbonyl (C=O) groups is 1. The SMILES string of the molecule is COc1cc(C)c(C)cc1S(=O)(=O)N1CCN(C(=O)c2cc(O)c(O)c(O)c2)CC1. The van der Waals surface area contributed by atoms with E-state index in [1.54, 1.807) is 12.1 Å². The van der Waals surface area contributed by atoms with E-state index in [0.717, 1.165) is 23.3 Å². The summed E-state index contributed by atoms with van der Waals surface area (Å²) in [6, 6.07) is 5.38. The van der Waals surface area contributed by atoms with Crippen molar-refractivity contribution in [1.82, 2.24) is 9.21 Å². The van der Waals surface area contributed by atoms with Gasteiger partial charge in [-0.2, -0.15) is 4.31 Å². The van der Waals surface area contributed by atoms with Crippen LogP contribution in [0.15, 0.2) is 29.2 Å². The van der Waals surface area contributed by atoms with Gasteiger partial charge < -0.3 is 25.0 Å². The molecular weight excluding hydrogens is 412 g/mol. The Balaban J connectivity index is 1.78. The van der Waals surface area contributed by atoms with Gasteiger partial charge in [0.25, 0.3) is 5.91 Å². The summed E-state index contributed by atoms with van der Waals surface area (Å²) in [5.41, 5.74) is 1.74. The summed E-state index contributed by atoms with van der Waals surface area (Å²) >= 11 is 0. The molecule has 0 radical (unpaired) electrons. The standard InChI is InChI=1S/C20H24N2O7S/c1-12-8-17(29-3)18(9-13(12)2)30(27,28)22-6-4-21(5-7-22)20(26)14-10-15(23)19(25)16(24)11-14/h8-11,23-25H,4-7H2,1-3H3. The lowest BCUT2D eigenvalue weighted by molar-refractivity contribution is 0.0697. The van der Waals surface area contributed by atoms with Gasteiger partial charge in [0.2, 0.25) is 10.0 Å². The number of rotatable bonds is 4. The molecule has 0 bridgehead atoms. The summed E-state index contributed by atoms with van der Waals surface area (Å²) in [4.78, 5) is 14.2. The summed E-state index contributed by atoms with van der Waals surface area (Å²) < 4.78 is 32.9. The molecule has 9 nitrogen and oxygen atoms in total. The van der Waals surface area contributed by atoms with Crippen LogP contribution in [0.25, 0.3) is 0 Å². The topological polar surface area (TPSA) is 128 Å². The molecule has 2 aromatic carbocycles. The summed E-state index contributed by atoms with van der Waals surface area (Å²) in [5.74, 6) is -2.14. The highest BCUT2D eigenvalue weighted by molar-refractivity contribution is 7.89. The zero-order chi connectivity index (χ0) is 22.2. The number of piperazine rings is 1. The van der Waals surface area contributed by atoms with E-state index in [1.165, 1.54) is 16.3 Å². The van der Waals surface area contributed by atoms with E-state index in [9.17, 15) is 28.5 Å². The molecular formula is C20H24N2O7S. The smallest absolute Gasteiger partial charge is 0.254 e. The van der Waals surface area contributed by atoms with Gasteiger partial charge in [0.05, 0.1) is 7.11 Å². The van der Waals surface area contributed by atoms with E-state index >= 15 is 0 Å². The number of sulfonamides is 1. The van der Waals surface area contributed by atoms with Gasteiger partial charge in [0.15, 0.2) is 17.2 Å². The predicted octanol–water partition coefficient (Wildman–Crippen LogP) is 1.58. The van der Waals surface area contributed by atoms with E-state index < -0.39 is 33.2 Å². The van der Waals surface area contributed by atoms with E-state index in [-0.39, 0.29) is 42.4 Å². The van der Waals surface area contributed by atoms with Crippen molar-refractivity contribution < 1.29 is 33.3 Å². The van der Waals surface area contributed by atoms with Crippen molar-refractivity contribution in [2.75, 3.05) is 33.3 Å². The lowest BCUT2D eigenvalue weighted by Crippen LogP contribution is -2.50. The number of nitrogens with zero attached hydrogens (tertiary/aromatic N) is 2. The third-order valence-corrected chi connectivity index (χ3v) is 7.16. The molecule has 0 spiro atoms. The average Bonchev–Trinajstić information content (AvgIpc) is 2.72.